The number of carbonyl (C=O) groups is 2. The van der Waals surface area contributed by atoms with Crippen molar-refractivity contribution in [3.05, 3.63) is 33.4 Å². The zero-order valence-corrected chi connectivity index (χ0v) is 21.8. The minimum atomic E-state index is -10.2. The average Bonchev–Trinajstić information content (AvgIpc) is 3.60. The molecule has 0 saturated heterocycles. The van der Waals surface area contributed by atoms with Crippen molar-refractivity contribution in [1.82, 2.24) is 9.78 Å². The number of halogens is 9. The third kappa shape index (κ3) is 4.65. The highest BCUT2D eigenvalue weighted by molar-refractivity contribution is 8.45. The predicted molar refractivity (Wildman–Crippen MR) is 128 cm³/mol. The molecule has 18 heteroatoms. The lowest BCUT2D eigenvalue weighted by molar-refractivity contribution is -0.120. The van der Waals surface area contributed by atoms with E-state index in [1.54, 1.807) is 6.07 Å². The Bertz CT molecular complexity index is 1400. The second kappa shape index (κ2) is 7.69. The van der Waals surface area contributed by atoms with Gasteiger partial charge in [-0.25, -0.2) is 9.48 Å². The summed E-state index contributed by atoms with van der Waals surface area (Å²) < 4.78 is 65.8. The minimum Gasteiger partial charge on any atom is -0.465 e. The Balaban J connectivity index is 2.09. The molecular formula is C19H14Cl4F5N5O3S. The second-order valence-corrected chi connectivity index (χ2v) is 13.5. The maximum Gasteiger partial charge on any atom is 0.413 e. The number of nitrogens with two attached hydrogens (primary N) is 1. The fourth-order valence-electron chi connectivity index (χ4n) is 4.02. The van der Waals surface area contributed by atoms with Crippen LogP contribution in [0.25, 0.3) is 5.69 Å². The van der Waals surface area contributed by atoms with Gasteiger partial charge in [0, 0.05) is 13.0 Å². The zero-order chi connectivity index (χ0) is 28.0. The van der Waals surface area contributed by atoms with Gasteiger partial charge in [0.15, 0.2) is 5.69 Å². The number of hydrogen-bond donors (Lipinski definition) is 2. The van der Waals surface area contributed by atoms with E-state index in [1.807, 2.05) is 0 Å². The third-order valence-corrected chi connectivity index (χ3v) is 8.69. The lowest BCUT2D eigenvalue weighted by Gasteiger charge is -2.40. The van der Waals surface area contributed by atoms with Crippen LogP contribution in [0.3, 0.4) is 0 Å². The fourth-order valence-corrected chi connectivity index (χ4v) is 6.25. The van der Waals surface area contributed by atoms with E-state index in [9.17, 15) is 39.4 Å². The Morgan fingerprint density at radius 3 is 2.08 bits per heavy atom. The summed E-state index contributed by atoms with van der Waals surface area (Å²) in [6, 6.07) is 1.47. The van der Waals surface area contributed by atoms with Crippen LogP contribution >= 0.6 is 56.6 Å². The van der Waals surface area contributed by atoms with Crippen molar-refractivity contribution < 1.29 is 34.1 Å². The van der Waals surface area contributed by atoms with E-state index in [0.717, 1.165) is 0 Å². The number of anilines is 1. The van der Waals surface area contributed by atoms with Gasteiger partial charge in [-0.15, -0.1) is 23.2 Å². The summed E-state index contributed by atoms with van der Waals surface area (Å²) in [5.74, 6) is -1.82. The molecule has 1 unspecified atom stereocenters. The van der Waals surface area contributed by atoms with Gasteiger partial charge in [0.1, 0.15) is 32.2 Å². The van der Waals surface area contributed by atoms with Crippen LogP contribution in [0.5, 0.6) is 0 Å². The molecule has 0 spiro atoms. The molecule has 2 amide bonds. The van der Waals surface area contributed by atoms with E-state index in [4.69, 9.17) is 52.1 Å². The van der Waals surface area contributed by atoms with Crippen molar-refractivity contribution in [2.24, 2.45) is 11.7 Å². The molecule has 0 aliphatic heterocycles. The lowest BCUT2D eigenvalue weighted by Crippen LogP contribution is -2.38. The van der Waals surface area contributed by atoms with Gasteiger partial charge in [-0.05, 0) is 30.9 Å². The standard InChI is InChI=1S/C19H14Cl4F5N5O3S/c20-10-3-9(37(24,25,26,27)28)4-11(21)14(10)33-15(32(17(35)36)6-8-1-2-8)13(12(5-29)31-33)18(16(30)34)7-19(18,22)23/h3-4,8H,1-2,6-7H2,(H2,30,34)(H,35,36). The number of carboxylic acid groups (broad SMARTS) is 1. The highest BCUT2D eigenvalue weighted by atomic mass is 35.5. The van der Waals surface area contributed by atoms with Gasteiger partial charge in [-0.2, -0.15) is 10.4 Å². The maximum absolute atomic E-state index is 13.4. The Labute approximate surface area is 225 Å². The molecule has 0 radical (unpaired) electrons. The first-order chi connectivity index (χ1) is 16.6. The molecule has 202 valence electrons. The van der Waals surface area contributed by atoms with Gasteiger partial charge >= 0.3 is 16.3 Å². The van der Waals surface area contributed by atoms with E-state index >= 15 is 0 Å². The highest BCUT2D eigenvalue weighted by Gasteiger charge is 2.74. The van der Waals surface area contributed by atoms with Gasteiger partial charge in [0.05, 0.1) is 15.6 Å². The van der Waals surface area contributed by atoms with Gasteiger partial charge in [-0.1, -0.05) is 42.6 Å². The summed E-state index contributed by atoms with van der Waals surface area (Å²) in [5.41, 5.74) is 1.84. The molecule has 2 aromatic rings. The normalized spacial score (nSPS) is 22.5. The van der Waals surface area contributed by atoms with Crippen LogP contribution in [-0.4, -0.2) is 37.8 Å². The summed E-state index contributed by atoms with van der Waals surface area (Å²) in [7, 11) is -10.2. The molecule has 2 saturated carbocycles. The Hall–Kier alpha value is -2.18. The fraction of sp³-hybridized carbons (Fsp3) is 0.368. The van der Waals surface area contributed by atoms with Crippen LogP contribution in [0.1, 0.15) is 30.5 Å². The second-order valence-electron chi connectivity index (χ2n) is 8.76. The molecule has 8 nitrogen and oxygen atoms in total. The van der Waals surface area contributed by atoms with Crippen LogP contribution in [0.15, 0.2) is 17.0 Å². The van der Waals surface area contributed by atoms with Crippen LogP contribution in [0.2, 0.25) is 10.0 Å². The molecule has 1 heterocycles. The predicted octanol–water partition coefficient (Wildman–Crippen LogP) is 6.90. The first kappa shape index (κ1) is 27.8. The SMILES string of the molecule is N#Cc1nn(-c2c(Cl)cc(S(F)(F)(F)(F)F)cc2Cl)c(N(CC2CC2)C(=O)O)c1C1(C(N)=O)CC1(Cl)Cl. The number of benzene rings is 1. The van der Waals surface area contributed by atoms with E-state index in [0.29, 0.717) is 22.4 Å². The summed E-state index contributed by atoms with van der Waals surface area (Å²) in [6.07, 6.45) is -0.694. The van der Waals surface area contributed by atoms with Crippen molar-refractivity contribution >= 4 is 74.4 Å². The van der Waals surface area contributed by atoms with Crippen molar-refractivity contribution in [2.45, 2.75) is 33.9 Å². The minimum absolute atomic E-state index is 0.0954. The number of alkyl halides is 2. The topological polar surface area (TPSA) is 125 Å². The molecule has 2 aliphatic carbocycles. The first-order valence-corrected chi connectivity index (χ1v) is 13.6. The molecule has 2 aliphatic rings. The largest absolute Gasteiger partial charge is 0.465 e. The molecule has 1 aromatic heterocycles. The number of carbonyl (C=O) groups excluding carboxylic acids is 1. The maximum atomic E-state index is 13.4. The Morgan fingerprint density at radius 2 is 1.73 bits per heavy atom. The van der Waals surface area contributed by atoms with Gasteiger partial charge < -0.3 is 10.8 Å². The number of nitriles is 1. The van der Waals surface area contributed by atoms with Crippen LogP contribution in [0.4, 0.5) is 30.0 Å². The van der Waals surface area contributed by atoms with Crippen molar-refractivity contribution in [1.29, 1.82) is 5.26 Å². The summed E-state index contributed by atoms with van der Waals surface area (Å²) in [5, 5.41) is 21.7. The molecule has 3 N–H and O–H groups in total. The average molecular weight is 629 g/mol. The number of amides is 2. The Kier molecular flexibility index (Phi) is 5.79. The van der Waals surface area contributed by atoms with E-state index < -0.39 is 69.7 Å². The molecule has 1 aromatic carbocycles. The molecule has 2 fully saturated rings. The molecule has 0 bridgehead atoms. The summed E-state index contributed by atoms with van der Waals surface area (Å²) in [6.45, 7) is -0.190. The van der Waals surface area contributed by atoms with Gasteiger partial charge in [-0.3, -0.25) is 9.69 Å². The van der Waals surface area contributed by atoms with Gasteiger partial charge in [0.25, 0.3) is 0 Å². The molecule has 37 heavy (non-hydrogen) atoms. The molecular weight excluding hydrogens is 615 g/mol. The molecule has 1 atom stereocenters. The number of hydrogen-bond acceptors (Lipinski definition) is 4. The summed E-state index contributed by atoms with van der Waals surface area (Å²) >= 11 is 24.4. The monoisotopic (exact) mass is 627 g/mol. The number of primary amides is 1. The smallest absolute Gasteiger partial charge is 0.413 e. The lowest BCUT2D eigenvalue weighted by atomic mass is 9.94. The van der Waals surface area contributed by atoms with E-state index in [-0.39, 0.29) is 31.0 Å². The number of rotatable bonds is 7. The van der Waals surface area contributed by atoms with Crippen molar-refractivity contribution in [2.75, 3.05) is 11.4 Å². The first-order valence-electron chi connectivity index (χ1n) is 10.1. The van der Waals surface area contributed by atoms with E-state index in [2.05, 4.69) is 5.10 Å². The van der Waals surface area contributed by atoms with Crippen LogP contribution in [0, 0.1) is 17.2 Å². The quantitative estimate of drug-likeness (QED) is 0.255. The molecule has 4 rings (SSSR count). The zero-order valence-electron chi connectivity index (χ0n) is 18.0. The van der Waals surface area contributed by atoms with Crippen molar-refractivity contribution in [3.8, 4) is 11.8 Å². The van der Waals surface area contributed by atoms with Crippen LogP contribution in [-0.2, 0) is 10.2 Å². The highest BCUT2D eigenvalue weighted by Crippen LogP contribution is 3.02. The van der Waals surface area contributed by atoms with Gasteiger partial charge in [0.2, 0.25) is 5.91 Å². The Morgan fingerprint density at radius 1 is 1.22 bits per heavy atom. The number of nitrogens with zero attached hydrogens (tertiary/aromatic N) is 4. The number of aromatic nitrogens is 2. The van der Waals surface area contributed by atoms with E-state index in [1.165, 1.54) is 0 Å². The summed E-state index contributed by atoms with van der Waals surface area (Å²) in [4.78, 5) is 23.1. The van der Waals surface area contributed by atoms with Crippen molar-refractivity contribution in [3.63, 3.8) is 0 Å². The van der Waals surface area contributed by atoms with Crippen LogP contribution < -0.4 is 10.6 Å². The third-order valence-electron chi connectivity index (χ3n) is 6.07.